The summed E-state index contributed by atoms with van der Waals surface area (Å²) < 4.78 is 25.6. The molecule has 30 heavy (non-hydrogen) atoms. The summed E-state index contributed by atoms with van der Waals surface area (Å²) in [5.41, 5.74) is 4.02. The molecule has 0 bridgehead atoms. The fourth-order valence-corrected chi connectivity index (χ4v) is 5.41. The molecular formula is C23H29N3O3S. The minimum absolute atomic E-state index is 0.170. The van der Waals surface area contributed by atoms with Gasteiger partial charge in [-0.1, -0.05) is 25.0 Å². The van der Waals surface area contributed by atoms with Gasteiger partial charge in [-0.15, -0.1) is 0 Å². The Bertz CT molecular complexity index is 1030. The van der Waals surface area contributed by atoms with Gasteiger partial charge in [0, 0.05) is 25.2 Å². The molecule has 0 radical (unpaired) electrons. The molecule has 0 atom stereocenters. The Morgan fingerprint density at radius 3 is 2.37 bits per heavy atom. The molecule has 2 aromatic carbocycles. The van der Waals surface area contributed by atoms with Crippen molar-refractivity contribution in [3.05, 3.63) is 53.6 Å². The van der Waals surface area contributed by atoms with Gasteiger partial charge in [0.05, 0.1) is 23.3 Å². The van der Waals surface area contributed by atoms with Gasteiger partial charge >= 0.3 is 0 Å². The van der Waals surface area contributed by atoms with Crippen LogP contribution in [0.3, 0.4) is 0 Å². The minimum Gasteiger partial charge on any atom is -0.370 e. The molecular weight excluding hydrogens is 398 g/mol. The molecule has 0 aliphatic carbocycles. The summed E-state index contributed by atoms with van der Waals surface area (Å²) in [4.78, 5) is 15.4. The number of hydrogen-bond donors (Lipinski definition) is 1. The topological polar surface area (TPSA) is 69.7 Å². The van der Waals surface area contributed by atoms with Crippen molar-refractivity contribution in [2.45, 2.75) is 38.5 Å². The van der Waals surface area contributed by atoms with Crippen molar-refractivity contribution in [1.29, 1.82) is 0 Å². The SMILES string of the molecule is CS(=O)(=O)N1CCCc2cc(C(=O)Nc3ccccc3N3CCCCCC3)ccc21. The molecule has 2 heterocycles. The van der Waals surface area contributed by atoms with Gasteiger partial charge in [0.25, 0.3) is 5.91 Å². The maximum absolute atomic E-state index is 13.0. The number of nitrogens with zero attached hydrogens (tertiary/aromatic N) is 2. The van der Waals surface area contributed by atoms with Crippen LogP contribution in [0.4, 0.5) is 17.1 Å². The summed E-state index contributed by atoms with van der Waals surface area (Å²) in [6.45, 7) is 2.50. The highest BCUT2D eigenvalue weighted by Crippen LogP contribution is 2.31. The van der Waals surface area contributed by atoms with E-state index in [0.717, 1.165) is 42.9 Å². The highest BCUT2D eigenvalue weighted by atomic mass is 32.2. The van der Waals surface area contributed by atoms with Crippen molar-refractivity contribution < 1.29 is 13.2 Å². The fourth-order valence-electron chi connectivity index (χ4n) is 4.41. The van der Waals surface area contributed by atoms with E-state index in [4.69, 9.17) is 0 Å². The van der Waals surface area contributed by atoms with E-state index in [9.17, 15) is 13.2 Å². The van der Waals surface area contributed by atoms with E-state index in [1.807, 2.05) is 24.3 Å². The zero-order chi connectivity index (χ0) is 21.1. The summed E-state index contributed by atoms with van der Waals surface area (Å²) in [6, 6.07) is 13.3. The summed E-state index contributed by atoms with van der Waals surface area (Å²) in [5, 5.41) is 3.08. The number of fused-ring (bicyclic) bond motifs is 1. The Balaban J connectivity index is 1.57. The van der Waals surface area contributed by atoms with Crippen LogP contribution in [0.15, 0.2) is 42.5 Å². The van der Waals surface area contributed by atoms with Crippen LogP contribution in [0.25, 0.3) is 0 Å². The van der Waals surface area contributed by atoms with Gasteiger partial charge in [-0.2, -0.15) is 0 Å². The van der Waals surface area contributed by atoms with Crippen molar-refractivity contribution in [1.82, 2.24) is 0 Å². The normalized spacial score (nSPS) is 17.2. The number of sulfonamides is 1. The molecule has 4 rings (SSSR count). The molecule has 2 aliphatic heterocycles. The van der Waals surface area contributed by atoms with E-state index in [0.29, 0.717) is 17.8 Å². The summed E-state index contributed by atoms with van der Waals surface area (Å²) in [5.74, 6) is -0.170. The zero-order valence-electron chi connectivity index (χ0n) is 17.4. The van der Waals surface area contributed by atoms with Crippen molar-refractivity contribution in [3.63, 3.8) is 0 Å². The number of rotatable bonds is 4. The third kappa shape index (κ3) is 4.46. The van der Waals surface area contributed by atoms with Crippen molar-refractivity contribution in [2.24, 2.45) is 0 Å². The number of anilines is 3. The van der Waals surface area contributed by atoms with Crippen molar-refractivity contribution in [3.8, 4) is 0 Å². The number of carbonyl (C=O) groups is 1. The number of hydrogen-bond acceptors (Lipinski definition) is 4. The number of nitrogens with one attached hydrogen (secondary N) is 1. The molecule has 1 saturated heterocycles. The molecule has 2 aromatic rings. The third-order valence-electron chi connectivity index (χ3n) is 5.92. The lowest BCUT2D eigenvalue weighted by Gasteiger charge is -2.29. The smallest absolute Gasteiger partial charge is 0.255 e. The van der Waals surface area contributed by atoms with Crippen LogP contribution < -0.4 is 14.5 Å². The maximum atomic E-state index is 13.0. The van der Waals surface area contributed by atoms with Crippen LogP contribution in [0.2, 0.25) is 0 Å². The quantitative estimate of drug-likeness (QED) is 0.800. The molecule has 0 aromatic heterocycles. The maximum Gasteiger partial charge on any atom is 0.255 e. The van der Waals surface area contributed by atoms with E-state index < -0.39 is 10.0 Å². The Labute approximate surface area is 178 Å². The number of amides is 1. The largest absolute Gasteiger partial charge is 0.370 e. The first kappa shape index (κ1) is 20.7. The van der Waals surface area contributed by atoms with Gasteiger partial charge in [0.1, 0.15) is 0 Å². The van der Waals surface area contributed by atoms with Crippen LogP contribution in [0.5, 0.6) is 0 Å². The number of aryl methyl sites for hydroxylation is 1. The predicted octanol–water partition coefficient (Wildman–Crippen LogP) is 4.03. The highest BCUT2D eigenvalue weighted by Gasteiger charge is 2.25. The Kier molecular flexibility index (Phi) is 5.99. The molecule has 6 nitrogen and oxygen atoms in total. The van der Waals surface area contributed by atoms with Crippen LogP contribution in [-0.2, 0) is 16.4 Å². The minimum atomic E-state index is -3.31. The Morgan fingerprint density at radius 1 is 0.900 bits per heavy atom. The average Bonchev–Trinajstić information content (AvgIpc) is 3.02. The lowest BCUT2D eigenvalue weighted by atomic mass is 10.0. The van der Waals surface area contributed by atoms with Crippen LogP contribution >= 0.6 is 0 Å². The predicted molar refractivity (Wildman–Crippen MR) is 122 cm³/mol. The second-order valence-corrected chi connectivity index (χ2v) is 10.1. The summed E-state index contributed by atoms with van der Waals surface area (Å²) in [7, 11) is -3.31. The molecule has 7 heteroatoms. The number of carbonyl (C=O) groups excluding carboxylic acids is 1. The van der Waals surface area contributed by atoms with Gasteiger partial charge in [0.2, 0.25) is 10.0 Å². The van der Waals surface area contributed by atoms with E-state index in [-0.39, 0.29) is 5.91 Å². The van der Waals surface area contributed by atoms with E-state index in [1.165, 1.54) is 36.2 Å². The first-order valence-corrected chi connectivity index (χ1v) is 12.5. The molecule has 0 spiro atoms. The monoisotopic (exact) mass is 427 g/mol. The van der Waals surface area contributed by atoms with Crippen molar-refractivity contribution >= 4 is 33.0 Å². The number of para-hydroxylation sites is 2. The highest BCUT2D eigenvalue weighted by molar-refractivity contribution is 7.92. The molecule has 2 aliphatic rings. The first-order chi connectivity index (χ1) is 14.4. The lowest BCUT2D eigenvalue weighted by Crippen LogP contribution is -2.34. The Morgan fingerprint density at radius 2 is 1.63 bits per heavy atom. The summed E-state index contributed by atoms with van der Waals surface area (Å²) in [6.07, 6.45) is 7.60. The van der Waals surface area contributed by atoms with Crippen LogP contribution in [0, 0.1) is 0 Å². The third-order valence-corrected chi connectivity index (χ3v) is 7.10. The van der Waals surface area contributed by atoms with Crippen LogP contribution in [0.1, 0.15) is 48.0 Å². The van der Waals surface area contributed by atoms with Crippen molar-refractivity contribution in [2.75, 3.05) is 40.4 Å². The molecule has 160 valence electrons. The molecule has 1 amide bonds. The molecule has 0 saturated carbocycles. The Hall–Kier alpha value is -2.54. The van der Waals surface area contributed by atoms with E-state index >= 15 is 0 Å². The average molecular weight is 428 g/mol. The van der Waals surface area contributed by atoms with Gasteiger partial charge in [-0.25, -0.2) is 8.42 Å². The molecule has 0 unspecified atom stereocenters. The van der Waals surface area contributed by atoms with E-state index in [1.54, 1.807) is 12.1 Å². The molecule has 1 N–H and O–H groups in total. The molecule has 1 fully saturated rings. The first-order valence-electron chi connectivity index (χ1n) is 10.7. The lowest BCUT2D eigenvalue weighted by molar-refractivity contribution is 0.102. The van der Waals surface area contributed by atoms with Gasteiger partial charge < -0.3 is 10.2 Å². The van der Waals surface area contributed by atoms with E-state index in [2.05, 4.69) is 16.3 Å². The fraction of sp³-hybridized carbons (Fsp3) is 0.435. The zero-order valence-corrected chi connectivity index (χ0v) is 18.2. The van der Waals surface area contributed by atoms with Gasteiger partial charge in [-0.3, -0.25) is 9.10 Å². The second-order valence-electron chi connectivity index (χ2n) is 8.15. The standard InChI is InChI=1S/C23H29N3O3S/c1-30(28,29)26-16-8-9-18-17-19(12-13-21(18)26)23(27)24-20-10-4-5-11-22(20)25-14-6-2-3-7-15-25/h4-5,10-13,17H,2-3,6-9,14-16H2,1H3,(H,24,27). The van der Waals surface area contributed by atoms with Crippen LogP contribution in [-0.4, -0.2) is 40.2 Å². The second kappa shape index (κ2) is 8.68. The summed E-state index contributed by atoms with van der Waals surface area (Å²) >= 11 is 0. The van der Waals surface area contributed by atoms with Gasteiger partial charge in [0.15, 0.2) is 0 Å². The number of benzene rings is 2. The van der Waals surface area contributed by atoms with Gasteiger partial charge in [-0.05, 0) is 61.6 Å².